The second-order valence-electron chi connectivity index (χ2n) is 4.67. The highest BCUT2D eigenvalue weighted by atomic mass is 16.5. The average molecular weight is 293 g/mol. The standard InChI is InChI=1S/C15H23N3O3/c1-2-7-13(14(16)18-20)15(19)17-10-6-11-21-12-8-4-3-5-9-12/h3-5,8-9,13,20H,2,6-7,10-11H2,1H3,(H2,16,18)(H,17,19). The number of amidine groups is 1. The monoisotopic (exact) mass is 293 g/mol. The fraction of sp³-hybridized carbons (Fsp3) is 0.467. The molecule has 0 aliphatic carbocycles. The van der Waals surface area contributed by atoms with E-state index in [0.717, 1.165) is 12.2 Å². The highest BCUT2D eigenvalue weighted by Crippen LogP contribution is 2.09. The molecule has 0 aliphatic rings. The molecule has 6 heteroatoms. The summed E-state index contributed by atoms with van der Waals surface area (Å²) in [6.45, 7) is 2.95. The molecule has 1 atom stereocenters. The van der Waals surface area contributed by atoms with Crippen LogP contribution in [-0.4, -0.2) is 30.1 Å². The maximum Gasteiger partial charge on any atom is 0.230 e. The van der Waals surface area contributed by atoms with Gasteiger partial charge in [-0.3, -0.25) is 4.79 Å². The van der Waals surface area contributed by atoms with Gasteiger partial charge in [0, 0.05) is 6.54 Å². The third-order valence-corrected chi connectivity index (χ3v) is 3.00. The van der Waals surface area contributed by atoms with Gasteiger partial charge in [-0.25, -0.2) is 0 Å². The van der Waals surface area contributed by atoms with Crippen molar-refractivity contribution in [1.29, 1.82) is 0 Å². The molecule has 0 heterocycles. The number of hydrogen-bond donors (Lipinski definition) is 3. The maximum atomic E-state index is 11.9. The minimum atomic E-state index is -0.574. The summed E-state index contributed by atoms with van der Waals surface area (Å²) in [4.78, 5) is 11.9. The minimum Gasteiger partial charge on any atom is -0.494 e. The predicted molar refractivity (Wildman–Crippen MR) is 81.4 cm³/mol. The summed E-state index contributed by atoms with van der Waals surface area (Å²) < 4.78 is 5.52. The quantitative estimate of drug-likeness (QED) is 0.212. The molecule has 0 spiro atoms. The summed E-state index contributed by atoms with van der Waals surface area (Å²) in [5.41, 5.74) is 5.53. The summed E-state index contributed by atoms with van der Waals surface area (Å²) >= 11 is 0. The lowest BCUT2D eigenvalue weighted by molar-refractivity contribution is -0.123. The van der Waals surface area contributed by atoms with E-state index in [2.05, 4.69) is 10.5 Å². The van der Waals surface area contributed by atoms with Crippen molar-refractivity contribution in [2.45, 2.75) is 26.2 Å². The molecule has 4 N–H and O–H groups in total. The fourth-order valence-corrected chi connectivity index (χ4v) is 1.89. The van der Waals surface area contributed by atoms with Gasteiger partial charge in [-0.2, -0.15) is 0 Å². The summed E-state index contributed by atoms with van der Waals surface area (Å²) in [6.07, 6.45) is 2.03. The van der Waals surface area contributed by atoms with Crippen molar-refractivity contribution in [1.82, 2.24) is 5.32 Å². The Morgan fingerprint density at radius 2 is 2.14 bits per heavy atom. The third kappa shape index (κ3) is 6.16. The van der Waals surface area contributed by atoms with Gasteiger partial charge in [0.1, 0.15) is 5.75 Å². The molecule has 0 saturated carbocycles. The number of oxime groups is 1. The third-order valence-electron chi connectivity index (χ3n) is 3.00. The lowest BCUT2D eigenvalue weighted by Crippen LogP contribution is -2.39. The molecule has 116 valence electrons. The first-order chi connectivity index (χ1) is 10.2. The second kappa shape index (κ2) is 9.63. The van der Waals surface area contributed by atoms with Gasteiger partial charge >= 0.3 is 0 Å². The van der Waals surface area contributed by atoms with Crippen molar-refractivity contribution >= 4 is 11.7 Å². The Hall–Kier alpha value is -2.24. The number of benzene rings is 1. The minimum absolute atomic E-state index is 0.0464. The number of ether oxygens (including phenoxy) is 1. The molecule has 1 amide bonds. The first-order valence-electron chi connectivity index (χ1n) is 7.12. The largest absolute Gasteiger partial charge is 0.494 e. The van der Waals surface area contributed by atoms with Gasteiger partial charge in [-0.1, -0.05) is 36.7 Å². The van der Waals surface area contributed by atoms with Crippen molar-refractivity contribution < 1.29 is 14.7 Å². The zero-order valence-corrected chi connectivity index (χ0v) is 12.3. The van der Waals surface area contributed by atoms with Crippen LogP contribution in [0.4, 0.5) is 0 Å². The first-order valence-corrected chi connectivity index (χ1v) is 7.12. The van der Waals surface area contributed by atoms with E-state index in [9.17, 15) is 4.79 Å². The van der Waals surface area contributed by atoms with E-state index in [0.29, 0.717) is 26.0 Å². The number of carbonyl (C=O) groups excluding carboxylic acids is 1. The lowest BCUT2D eigenvalue weighted by atomic mass is 10.0. The number of amides is 1. The van der Waals surface area contributed by atoms with Crippen LogP contribution in [-0.2, 0) is 4.79 Å². The van der Waals surface area contributed by atoms with E-state index < -0.39 is 5.92 Å². The molecule has 0 aromatic heterocycles. The molecule has 0 fully saturated rings. The van der Waals surface area contributed by atoms with Crippen LogP contribution in [0.3, 0.4) is 0 Å². The number of nitrogens with one attached hydrogen (secondary N) is 1. The van der Waals surface area contributed by atoms with Crippen LogP contribution in [0.1, 0.15) is 26.2 Å². The first kappa shape index (κ1) is 16.8. The van der Waals surface area contributed by atoms with Crippen molar-refractivity contribution in [2.75, 3.05) is 13.2 Å². The lowest BCUT2D eigenvalue weighted by Gasteiger charge is -2.14. The average Bonchev–Trinajstić information content (AvgIpc) is 2.52. The normalized spacial score (nSPS) is 12.7. The Kier molecular flexibility index (Phi) is 7.71. The van der Waals surface area contributed by atoms with Gasteiger partial charge < -0.3 is 21.0 Å². The van der Waals surface area contributed by atoms with E-state index in [1.54, 1.807) is 0 Å². The molecule has 1 aromatic rings. The highest BCUT2D eigenvalue weighted by molar-refractivity contribution is 6.01. The van der Waals surface area contributed by atoms with Crippen LogP contribution in [0.2, 0.25) is 0 Å². The molecule has 1 unspecified atom stereocenters. The van der Waals surface area contributed by atoms with Gasteiger partial charge in [0.2, 0.25) is 5.91 Å². The molecule has 0 bridgehead atoms. The van der Waals surface area contributed by atoms with E-state index in [4.69, 9.17) is 15.7 Å². The van der Waals surface area contributed by atoms with Crippen LogP contribution in [0.15, 0.2) is 35.5 Å². The molecule has 1 aromatic carbocycles. The summed E-state index contributed by atoms with van der Waals surface area (Å²) in [6, 6.07) is 9.50. The van der Waals surface area contributed by atoms with Crippen LogP contribution < -0.4 is 15.8 Å². The topological polar surface area (TPSA) is 96.9 Å². The predicted octanol–water partition coefficient (Wildman–Crippen LogP) is 1.73. The smallest absolute Gasteiger partial charge is 0.230 e. The van der Waals surface area contributed by atoms with Crippen LogP contribution in [0, 0.1) is 5.92 Å². The number of hydrogen-bond acceptors (Lipinski definition) is 4. The Labute approximate surface area is 125 Å². The highest BCUT2D eigenvalue weighted by Gasteiger charge is 2.21. The maximum absolute atomic E-state index is 11.9. The Morgan fingerprint density at radius 1 is 1.43 bits per heavy atom. The van der Waals surface area contributed by atoms with E-state index in [1.165, 1.54) is 0 Å². The molecule has 1 rings (SSSR count). The summed E-state index contributed by atoms with van der Waals surface area (Å²) in [5, 5.41) is 14.4. The van der Waals surface area contributed by atoms with Crippen LogP contribution in [0.25, 0.3) is 0 Å². The summed E-state index contributed by atoms with van der Waals surface area (Å²) in [7, 11) is 0. The van der Waals surface area contributed by atoms with Crippen molar-refractivity contribution in [3.63, 3.8) is 0 Å². The van der Waals surface area contributed by atoms with Crippen LogP contribution in [0.5, 0.6) is 5.75 Å². The van der Waals surface area contributed by atoms with E-state index in [1.807, 2.05) is 37.3 Å². The number of rotatable bonds is 9. The zero-order valence-electron chi connectivity index (χ0n) is 12.3. The van der Waals surface area contributed by atoms with E-state index >= 15 is 0 Å². The number of para-hydroxylation sites is 1. The Morgan fingerprint density at radius 3 is 2.76 bits per heavy atom. The zero-order chi connectivity index (χ0) is 15.5. The van der Waals surface area contributed by atoms with E-state index in [-0.39, 0.29) is 11.7 Å². The van der Waals surface area contributed by atoms with Gasteiger partial charge in [0.25, 0.3) is 0 Å². The Bertz CT molecular complexity index is 449. The van der Waals surface area contributed by atoms with Crippen LogP contribution >= 0.6 is 0 Å². The molecule has 0 aliphatic heterocycles. The molecular formula is C15H23N3O3. The molecule has 0 saturated heterocycles. The van der Waals surface area contributed by atoms with Gasteiger partial charge in [0.05, 0.1) is 12.5 Å². The van der Waals surface area contributed by atoms with Gasteiger partial charge in [-0.15, -0.1) is 0 Å². The van der Waals surface area contributed by atoms with Crippen molar-refractivity contribution in [2.24, 2.45) is 16.8 Å². The SMILES string of the molecule is CCCC(C(=O)NCCCOc1ccccc1)C(N)=NO. The van der Waals surface area contributed by atoms with Gasteiger partial charge in [-0.05, 0) is 25.0 Å². The van der Waals surface area contributed by atoms with Gasteiger partial charge in [0.15, 0.2) is 5.84 Å². The molecular weight excluding hydrogens is 270 g/mol. The number of nitrogens with two attached hydrogens (primary N) is 1. The molecule has 6 nitrogen and oxygen atoms in total. The molecule has 21 heavy (non-hydrogen) atoms. The Balaban J connectivity index is 2.26. The van der Waals surface area contributed by atoms with Crippen molar-refractivity contribution in [3.05, 3.63) is 30.3 Å². The number of carbonyl (C=O) groups is 1. The number of nitrogens with zero attached hydrogens (tertiary/aromatic N) is 1. The second-order valence-corrected chi connectivity index (χ2v) is 4.67. The van der Waals surface area contributed by atoms with Crippen molar-refractivity contribution in [3.8, 4) is 5.75 Å². The fourth-order valence-electron chi connectivity index (χ4n) is 1.89. The molecule has 0 radical (unpaired) electrons. The summed E-state index contributed by atoms with van der Waals surface area (Å²) in [5.74, 6) is -0.0267.